The summed E-state index contributed by atoms with van der Waals surface area (Å²) in [4.78, 5) is 18.2. The number of pyridine rings is 1. The molecule has 0 spiro atoms. The molecule has 0 radical (unpaired) electrons. The van der Waals surface area contributed by atoms with Gasteiger partial charge in [0.1, 0.15) is 11.5 Å². The highest BCUT2D eigenvalue weighted by molar-refractivity contribution is 6.30. The Hall–Kier alpha value is -2.27. The highest BCUT2D eigenvalue weighted by Gasteiger charge is 2.32. The number of aromatic nitrogens is 1. The third-order valence-electron chi connectivity index (χ3n) is 3.28. The molecule has 0 saturated carbocycles. The number of amides is 1. The van der Waals surface area contributed by atoms with E-state index in [4.69, 9.17) is 22.1 Å². The molecule has 5 nitrogen and oxygen atoms in total. The average molecular weight is 304 g/mol. The number of hydrogen-bond acceptors (Lipinski definition) is 4. The molecule has 108 valence electrons. The van der Waals surface area contributed by atoms with Crippen LogP contribution in [-0.4, -0.2) is 17.0 Å². The van der Waals surface area contributed by atoms with Crippen LogP contribution in [0.5, 0.6) is 5.88 Å². The van der Waals surface area contributed by atoms with Crippen LogP contribution in [0.2, 0.25) is 5.02 Å². The Balaban J connectivity index is 1.99. The van der Waals surface area contributed by atoms with Crippen molar-refractivity contribution in [1.82, 2.24) is 4.98 Å². The minimum atomic E-state index is -0.592. The minimum absolute atomic E-state index is 0.117. The lowest BCUT2D eigenvalue weighted by Crippen LogP contribution is -2.44. The van der Waals surface area contributed by atoms with Crippen LogP contribution in [0.3, 0.4) is 0 Å². The van der Waals surface area contributed by atoms with Gasteiger partial charge in [-0.1, -0.05) is 23.7 Å². The van der Waals surface area contributed by atoms with Crippen molar-refractivity contribution in [3.05, 3.63) is 47.0 Å². The first kappa shape index (κ1) is 13.7. The largest absolute Gasteiger partial charge is 0.463 e. The fourth-order valence-electron chi connectivity index (χ4n) is 2.28. The lowest BCUT2D eigenvalue weighted by atomic mass is 10.1. The first-order valence-electron chi connectivity index (χ1n) is 6.53. The standard InChI is InChI=1S/C15H14ClN3O2/c1-9-15(20)19(8-10-3-2-4-11(16)7-10)12-5-6-13(17)18-14(12)21-9/h2-7,9H,8H2,1H3,(H2,17,18)/t9-/m0/s1. The van der Waals surface area contributed by atoms with Crippen molar-refractivity contribution >= 4 is 29.0 Å². The summed E-state index contributed by atoms with van der Waals surface area (Å²) in [7, 11) is 0. The number of anilines is 2. The summed E-state index contributed by atoms with van der Waals surface area (Å²) >= 11 is 5.99. The Morgan fingerprint density at radius 2 is 2.19 bits per heavy atom. The molecule has 0 bridgehead atoms. The number of nitrogen functional groups attached to an aromatic ring is 1. The van der Waals surface area contributed by atoms with E-state index in [0.717, 1.165) is 5.56 Å². The summed E-state index contributed by atoms with van der Waals surface area (Å²) in [5, 5.41) is 0.636. The van der Waals surface area contributed by atoms with Crippen molar-refractivity contribution in [2.24, 2.45) is 0 Å². The molecule has 0 aliphatic carbocycles. The maximum Gasteiger partial charge on any atom is 0.268 e. The molecule has 1 atom stereocenters. The topological polar surface area (TPSA) is 68.5 Å². The van der Waals surface area contributed by atoms with Crippen molar-refractivity contribution in [2.75, 3.05) is 10.6 Å². The number of fused-ring (bicyclic) bond motifs is 1. The van der Waals surface area contributed by atoms with Gasteiger partial charge >= 0.3 is 0 Å². The van der Waals surface area contributed by atoms with E-state index in [1.807, 2.05) is 18.2 Å². The highest BCUT2D eigenvalue weighted by Crippen LogP contribution is 2.34. The summed E-state index contributed by atoms with van der Waals surface area (Å²) in [6.45, 7) is 2.10. The lowest BCUT2D eigenvalue weighted by Gasteiger charge is -2.32. The van der Waals surface area contributed by atoms with Crippen LogP contribution in [-0.2, 0) is 11.3 Å². The van der Waals surface area contributed by atoms with Crippen LogP contribution in [0.4, 0.5) is 11.5 Å². The second-order valence-electron chi connectivity index (χ2n) is 4.87. The van der Waals surface area contributed by atoms with Crippen molar-refractivity contribution in [1.29, 1.82) is 0 Å². The molecule has 0 saturated heterocycles. The highest BCUT2D eigenvalue weighted by atomic mass is 35.5. The summed E-state index contributed by atoms with van der Waals surface area (Å²) in [6, 6.07) is 10.8. The molecule has 0 fully saturated rings. The normalized spacial score (nSPS) is 17.3. The molecular weight excluding hydrogens is 290 g/mol. The molecule has 3 rings (SSSR count). The van der Waals surface area contributed by atoms with E-state index in [0.29, 0.717) is 29.0 Å². The predicted molar refractivity (Wildman–Crippen MR) is 81.4 cm³/mol. The first-order valence-corrected chi connectivity index (χ1v) is 6.91. The number of benzene rings is 1. The number of nitrogens with two attached hydrogens (primary N) is 1. The number of halogens is 1. The van der Waals surface area contributed by atoms with E-state index in [1.54, 1.807) is 30.0 Å². The van der Waals surface area contributed by atoms with Crippen molar-refractivity contribution in [3.63, 3.8) is 0 Å². The van der Waals surface area contributed by atoms with Gasteiger partial charge in [-0.05, 0) is 36.8 Å². The molecule has 1 aromatic carbocycles. The third kappa shape index (κ3) is 2.64. The quantitative estimate of drug-likeness (QED) is 0.926. The van der Waals surface area contributed by atoms with Gasteiger partial charge in [-0.15, -0.1) is 0 Å². The van der Waals surface area contributed by atoms with E-state index >= 15 is 0 Å². The van der Waals surface area contributed by atoms with Crippen molar-refractivity contribution in [3.8, 4) is 5.88 Å². The van der Waals surface area contributed by atoms with Gasteiger partial charge in [0.25, 0.3) is 5.91 Å². The number of hydrogen-bond donors (Lipinski definition) is 1. The molecular formula is C15H14ClN3O2. The maximum absolute atomic E-state index is 12.4. The fourth-order valence-corrected chi connectivity index (χ4v) is 2.49. The zero-order valence-electron chi connectivity index (χ0n) is 11.4. The Morgan fingerprint density at radius 1 is 1.38 bits per heavy atom. The zero-order valence-corrected chi connectivity index (χ0v) is 12.2. The zero-order chi connectivity index (χ0) is 15.0. The van der Waals surface area contributed by atoms with Gasteiger partial charge in [-0.25, -0.2) is 0 Å². The molecule has 2 heterocycles. The van der Waals surface area contributed by atoms with Crippen LogP contribution >= 0.6 is 11.6 Å². The third-order valence-corrected chi connectivity index (χ3v) is 3.52. The van der Waals surface area contributed by atoms with Gasteiger partial charge in [-0.3, -0.25) is 9.69 Å². The Morgan fingerprint density at radius 3 is 2.95 bits per heavy atom. The number of rotatable bonds is 2. The Bertz CT molecular complexity index is 705. The number of nitrogens with zero attached hydrogens (tertiary/aromatic N) is 2. The smallest absolute Gasteiger partial charge is 0.268 e. The minimum Gasteiger partial charge on any atom is -0.463 e. The molecule has 2 N–H and O–H groups in total. The second-order valence-corrected chi connectivity index (χ2v) is 5.31. The van der Waals surface area contributed by atoms with Gasteiger partial charge < -0.3 is 10.5 Å². The fraction of sp³-hybridized carbons (Fsp3) is 0.200. The Kier molecular flexibility index (Phi) is 3.43. The van der Waals surface area contributed by atoms with Crippen molar-refractivity contribution in [2.45, 2.75) is 19.6 Å². The van der Waals surface area contributed by atoms with Crippen LogP contribution in [0.1, 0.15) is 12.5 Å². The van der Waals surface area contributed by atoms with E-state index in [-0.39, 0.29) is 5.91 Å². The molecule has 1 aromatic heterocycles. The van der Waals surface area contributed by atoms with Crippen LogP contribution in [0.15, 0.2) is 36.4 Å². The maximum atomic E-state index is 12.4. The average Bonchev–Trinajstić information content (AvgIpc) is 2.44. The second kappa shape index (κ2) is 5.26. The molecule has 6 heteroatoms. The molecule has 2 aromatic rings. The molecule has 0 unspecified atom stereocenters. The summed E-state index contributed by atoms with van der Waals surface area (Å²) in [5.74, 6) is 0.621. The molecule has 21 heavy (non-hydrogen) atoms. The lowest BCUT2D eigenvalue weighted by molar-refractivity contribution is -0.125. The molecule has 1 amide bonds. The molecule has 1 aliphatic rings. The Labute approximate surface area is 127 Å². The van der Waals surface area contributed by atoms with Gasteiger partial charge in [0, 0.05) is 5.02 Å². The SMILES string of the molecule is C[C@@H]1Oc2nc(N)ccc2N(Cc2cccc(Cl)c2)C1=O. The van der Waals surface area contributed by atoms with Crippen molar-refractivity contribution < 1.29 is 9.53 Å². The predicted octanol–water partition coefficient (Wildman–Crippen LogP) is 2.63. The number of carbonyl (C=O) groups excluding carboxylic acids is 1. The van der Waals surface area contributed by atoms with E-state index in [1.165, 1.54) is 0 Å². The van der Waals surface area contributed by atoms with Crippen LogP contribution in [0, 0.1) is 0 Å². The van der Waals surface area contributed by atoms with Gasteiger partial charge in [-0.2, -0.15) is 4.98 Å². The van der Waals surface area contributed by atoms with E-state index in [2.05, 4.69) is 4.98 Å². The van der Waals surface area contributed by atoms with Crippen LogP contribution < -0.4 is 15.4 Å². The van der Waals surface area contributed by atoms with Gasteiger partial charge in [0.15, 0.2) is 6.10 Å². The number of carbonyl (C=O) groups is 1. The van der Waals surface area contributed by atoms with Gasteiger partial charge in [0.05, 0.1) is 6.54 Å². The monoisotopic (exact) mass is 303 g/mol. The van der Waals surface area contributed by atoms with E-state index < -0.39 is 6.10 Å². The van der Waals surface area contributed by atoms with Gasteiger partial charge in [0.2, 0.25) is 5.88 Å². The summed E-state index contributed by atoms with van der Waals surface area (Å²) in [6.07, 6.45) is -0.592. The number of ether oxygens (including phenoxy) is 1. The first-order chi connectivity index (χ1) is 10.0. The summed E-state index contributed by atoms with van der Waals surface area (Å²) in [5.41, 5.74) is 7.22. The molecule has 1 aliphatic heterocycles. The summed E-state index contributed by atoms with van der Waals surface area (Å²) < 4.78 is 5.51. The van der Waals surface area contributed by atoms with Crippen LogP contribution in [0.25, 0.3) is 0 Å². The van der Waals surface area contributed by atoms with E-state index in [9.17, 15) is 4.79 Å².